The van der Waals surface area contributed by atoms with Crippen molar-refractivity contribution in [3.63, 3.8) is 0 Å². The summed E-state index contributed by atoms with van der Waals surface area (Å²) in [7, 11) is 0. The molecule has 1 atom stereocenters. The number of nitrogens with one attached hydrogen (secondary N) is 1. The lowest BCUT2D eigenvalue weighted by molar-refractivity contribution is -0.176. The number of ether oxygens (including phenoxy) is 1. The number of alkyl halides is 3. The van der Waals surface area contributed by atoms with Gasteiger partial charge in [0.1, 0.15) is 6.61 Å². The third-order valence-corrected chi connectivity index (χ3v) is 3.00. The van der Waals surface area contributed by atoms with Crippen molar-refractivity contribution >= 4 is 0 Å². The number of rotatable bonds is 5. The van der Waals surface area contributed by atoms with E-state index in [1.54, 1.807) is 0 Å². The highest BCUT2D eigenvalue weighted by atomic mass is 19.4. The molecule has 0 bridgehead atoms. The van der Waals surface area contributed by atoms with Crippen LogP contribution < -0.4 is 11.3 Å². The Balaban J connectivity index is 2.25. The van der Waals surface area contributed by atoms with Crippen molar-refractivity contribution in [2.45, 2.75) is 44.3 Å². The maximum Gasteiger partial charge on any atom is 0.411 e. The van der Waals surface area contributed by atoms with E-state index < -0.39 is 12.8 Å². The summed E-state index contributed by atoms with van der Waals surface area (Å²) in [5, 5.41) is 0. The van der Waals surface area contributed by atoms with Crippen LogP contribution in [0.3, 0.4) is 0 Å². The van der Waals surface area contributed by atoms with Crippen molar-refractivity contribution in [2.24, 2.45) is 11.8 Å². The molecular formula is C10H19F3N2O. The lowest BCUT2D eigenvalue weighted by Crippen LogP contribution is -2.45. The number of nitrogens with two attached hydrogens (primary N) is 1. The molecule has 0 aromatic rings. The van der Waals surface area contributed by atoms with E-state index in [1.807, 2.05) is 0 Å². The fraction of sp³-hybridized carbons (Fsp3) is 1.00. The Hall–Kier alpha value is -0.330. The first-order valence-corrected chi connectivity index (χ1v) is 5.63. The van der Waals surface area contributed by atoms with Gasteiger partial charge in [-0.1, -0.05) is 19.3 Å². The van der Waals surface area contributed by atoms with Gasteiger partial charge >= 0.3 is 6.18 Å². The van der Waals surface area contributed by atoms with Crippen molar-refractivity contribution in [1.29, 1.82) is 0 Å². The molecule has 1 aliphatic rings. The quantitative estimate of drug-likeness (QED) is 0.570. The van der Waals surface area contributed by atoms with E-state index in [2.05, 4.69) is 10.2 Å². The maximum absolute atomic E-state index is 11.9. The summed E-state index contributed by atoms with van der Waals surface area (Å²) in [4.78, 5) is 0. The van der Waals surface area contributed by atoms with E-state index in [9.17, 15) is 13.2 Å². The molecule has 0 aromatic carbocycles. The molecule has 0 saturated heterocycles. The highest BCUT2D eigenvalue weighted by Gasteiger charge is 2.29. The second kappa shape index (κ2) is 6.42. The molecule has 0 radical (unpaired) electrons. The van der Waals surface area contributed by atoms with Gasteiger partial charge in [-0.2, -0.15) is 13.2 Å². The zero-order chi connectivity index (χ0) is 12.0. The second-order valence-electron chi connectivity index (χ2n) is 4.30. The summed E-state index contributed by atoms with van der Waals surface area (Å²) < 4.78 is 40.3. The molecule has 0 heterocycles. The van der Waals surface area contributed by atoms with E-state index >= 15 is 0 Å². The molecule has 16 heavy (non-hydrogen) atoms. The van der Waals surface area contributed by atoms with Crippen LogP contribution in [0, 0.1) is 5.92 Å². The summed E-state index contributed by atoms with van der Waals surface area (Å²) in [5.74, 6) is 5.68. The topological polar surface area (TPSA) is 47.3 Å². The van der Waals surface area contributed by atoms with Gasteiger partial charge in [-0.3, -0.25) is 11.3 Å². The average Bonchev–Trinajstić information content (AvgIpc) is 2.24. The van der Waals surface area contributed by atoms with Gasteiger partial charge in [0, 0.05) is 6.04 Å². The van der Waals surface area contributed by atoms with Gasteiger partial charge in [-0.05, 0) is 18.8 Å². The molecular weight excluding hydrogens is 221 g/mol. The Morgan fingerprint density at radius 2 is 1.88 bits per heavy atom. The van der Waals surface area contributed by atoms with Gasteiger partial charge in [0.15, 0.2) is 0 Å². The normalized spacial score (nSPS) is 21.0. The predicted octanol–water partition coefficient (Wildman–Crippen LogP) is 1.98. The van der Waals surface area contributed by atoms with Crippen LogP contribution in [0.1, 0.15) is 32.1 Å². The summed E-state index contributed by atoms with van der Waals surface area (Å²) in [6, 6.07) is -0.164. The monoisotopic (exact) mass is 240 g/mol. The molecule has 6 heteroatoms. The Kier molecular flexibility index (Phi) is 5.51. The predicted molar refractivity (Wildman–Crippen MR) is 54.6 cm³/mol. The first-order valence-electron chi connectivity index (χ1n) is 5.63. The van der Waals surface area contributed by atoms with Crippen molar-refractivity contribution in [2.75, 3.05) is 13.2 Å². The number of hydrazine groups is 1. The van der Waals surface area contributed by atoms with Gasteiger partial charge in [-0.25, -0.2) is 0 Å². The maximum atomic E-state index is 11.9. The number of hydrogen-bond acceptors (Lipinski definition) is 3. The molecule has 1 fully saturated rings. The minimum atomic E-state index is -4.26. The van der Waals surface area contributed by atoms with Crippen LogP contribution in [0.4, 0.5) is 13.2 Å². The van der Waals surface area contributed by atoms with Crippen molar-refractivity contribution in [1.82, 2.24) is 5.43 Å². The molecule has 1 rings (SSSR count). The Morgan fingerprint density at radius 1 is 1.25 bits per heavy atom. The van der Waals surface area contributed by atoms with Crippen LogP contribution in [0.2, 0.25) is 0 Å². The fourth-order valence-electron chi connectivity index (χ4n) is 2.16. The molecule has 3 nitrogen and oxygen atoms in total. The van der Waals surface area contributed by atoms with Gasteiger partial charge in [0.25, 0.3) is 0 Å². The van der Waals surface area contributed by atoms with Crippen LogP contribution in [0.5, 0.6) is 0 Å². The minimum Gasteiger partial charge on any atom is -0.370 e. The first kappa shape index (κ1) is 13.7. The Morgan fingerprint density at radius 3 is 2.38 bits per heavy atom. The zero-order valence-corrected chi connectivity index (χ0v) is 9.22. The standard InChI is InChI=1S/C10H19F3N2O/c11-10(12,13)7-16-6-9(15-14)8-4-2-1-3-5-8/h8-9,15H,1-7,14H2. The first-order chi connectivity index (χ1) is 7.53. The van der Waals surface area contributed by atoms with Gasteiger partial charge < -0.3 is 4.74 Å². The molecule has 0 aliphatic heterocycles. The van der Waals surface area contributed by atoms with Crippen molar-refractivity contribution in [3.05, 3.63) is 0 Å². The summed E-state index contributed by atoms with van der Waals surface area (Å²) in [6.07, 6.45) is 1.24. The largest absolute Gasteiger partial charge is 0.411 e. The van der Waals surface area contributed by atoms with Gasteiger partial charge in [0.2, 0.25) is 0 Å². The molecule has 3 N–H and O–H groups in total. The lowest BCUT2D eigenvalue weighted by atomic mass is 9.84. The summed E-state index contributed by atoms with van der Waals surface area (Å²) >= 11 is 0. The van der Waals surface area contributed by atoms with Crippen molar-refractivity contribution < 1.29 is 17.9 Å². The van der Waals surface area contributed by atoms with E-state index in [0.29, 0.717) is 5.92 Å². The van der Waals surface area contributed by atoms with Gasteiger partial charge in [-0.15, -0.1) is 0 Å². The third-order valence-electron chi connectivity index (χ3n) is 3.00. The van der Waals surface area contributed by atoms with E-state index in [4.69, 9.17) is 5.84 Å². The van der Waals surface area contributed by atoms with Gasteiger partial charge in [0.05, 0.1) is 6.61 Å². The fourth-order valence-corrected chi connectivity index (χ4v) is 2.16. The highest BCUT2D eigenvalue weighted by Crippen LogP contribution is 2.26. The Bertz CT molecular complexity index is 193. The molecule has 96 valence electrons. The van der Waals surface area contributed by atoms with Crippen LogP contribution in [-0.4, -0.2) is 25.4 Å². The zero-order valence-electron chi connectivity index (χ0n) is 9.22. The second-order valence-corrected chi connectivity index (χ2v) is 4.30. The molecule has 0 spiro atoms. The lowest BCUT2D eigenvalue weighted by Gasteiger charge is -2.29. The van der Waals surface area contributed by atoms with E-state index in [-0.39, 0.29) is 12.6 Å². The summed E-state index contributed by atoms with van der Waals surface area (Å²) in [5.41, 5.74) is 2.57. The molecule has 0 aromatic heterocycles. The smallest absolute Gasteiger partial charge is 0.370 e. The van der Waals surface area contributed by atoms with Crippen LogP contribution >= 0.6 is 0 Å². The van der Waals surface area contributed by atoms with E-state index in [0.717, 1.165) is 25.7 Å². The van der Waals surface area contributed by atoms with Crippen LogP contribution in [0.25, 0.3) is 0 Å². The number of hydrogen-bond donors (Lipinski definition) is 2. The Labute approximate surface area is 93.5 Å². The molecule has 1 aliphatic carbocycles. The third kappa shape index (κ3) is 5.14. The molecule has 0 amide bonds. The van der Waals surface area contributed by atoms with E-state index in [1.165, 1.54) is 6.42 Å². The van der Waals surface area contributed by atoms with Crippen LogP contribution in [0.15, 0.2) is 0 Å². The SMILES string of the molecule is NNC(COCC(F)(F)F)C1CCCCC1. The highest BCUT2D eigenvalue weighted by molar-refractivity contribution is 4.77. The van der Waals surface area contributed by atoms with Crippen LogP contribution in [-0.2, 0) is 4.74 Å². The molecule has 1 saturated carbocycles. The summed E-state index contributed by atoms with van der Waals surface area (Å²) in [6.45, 7) is -1.17. The average molecular weight is 240 g/mol. The number of halogens is 3. The molecule has 1 unspecified atom stereocenters. The minimum absolute atomic E-state index is 0.0284. The van der Waals surface area contributed by atoms with Crippen molar-refractivity contribution in [3.8, 4) is 0 Å².